The van der Waals surface area contributed by atoms with Crippen molar-refractivity contribution < 1.29 is 4.79 Å². The molecule has 0 saturated heterocycles. The van der Waals surface area contributed by atoms with Gasteiger partial charge in [-0.05, 0) is 30.3 Å². The molecule has 4 aromatic rings. The maximum Gasteiger partial charge on any atom is 0.275 e. The molecule has 108 valence electrons. The van der Waals surface area contributed by atoms with Crippen molar-refractivity contribution in [1.82, 2.24) is 14.5 Å². The van der Waals surface area contributed by atoms with Crippen molar-refractivity contribution in [3.8, 4) is 5.13 Å². The number of benzene rings is 1. The van der Waals surface area contributed by atoms with E-state index < -0.39 is 0 Å². The number of fused-ring (bicyclic) bond motifs is 1. The van der Waals surface area contributed by atoms with Crippen LogP contribution in [0, 0.1) is 0 Å². The minimum atomic E-state index is -0.205. The Bertz CT molecular complexity index is 936. The van der Waals surface area contributed by atoms with E-state index in [9.17, 15) is 4.79 Å². The molecule has 0 atom stereocenters. The maximum absolute atomic E-state index is 12.4. The van der Waals surface area contributed by atoms with Crippen LogP contribution in [-0.4, -0.2) is 20.4 Å². The predicted octanol–water partition coefficient (Wildman–Crippen LogP) is 3.67. The molecular formula is C16H12N4OS. The maximum atomic E-state index is 12.4. The Kier molecular flexibility index (Phi) is 3.01. The lowest BCUT2D eigenvalue weighted by Crippen LogP contribution is -2.12. The van der Waals surface area contributed by atoms with E-state index in [1.807, 2.05) is 59.6 Å². The smallest absolute Gasteiger partial charge is 0.275 e. The van der Waals surface area contributed by atoms with E-state index in [4.69, 9.17) is 0 Å². The Hall–Kier alpha value is -2.86. The number of rotatable bonds is 3. The summed E-state index contributed by atoms with van der Waals surface area (Å²) in [5.74, 6) is -0.205. The van der Waals surface area contributed by atoms with Crippen LogP contribution in [0.2, 0.25) is 0 Å². The Morgan fingerprint density at radius 2 is 2.05 bits per heavy atom. The third-order valence-corrected chi connectivity index (χ3v) is 4.25. The molecule has 0 spiro atoms. The number of H-pyrrole nitrogens is 1. The lowest BCUT2D eigenvalue weighted by atomic mass is 10.2. The third kappa shape index (κ3) is 2.19. The summed E-state index contributed by atoms with van der Waals surface area (Å²) in [6, 6.07) is 11.5. The molecule has 3 heterocycles. The van der Waals surface area contributed by atoms with Crippen molar-refractivity contribution in [2.45, 2.75) is 0 Å². The predicted molar refractivity (Wildman–Crippen MR) is 87.7 cm³/mol. The van der Waals surface area contributed by atoms with E-state index in [-0.39, 0.29) is 5.91 Å². The molecule has 2 N–H and O–H groups in total. The number of carbonyl (C=O) groups is 1. The third-order valence-electron chi connectivity index (χ3n) is 3.39. The van der Waals surface area contributed by atoms with Crippen molar-refractivity contribution in [2.75, 3.05) is 5.32 Å². The van der Waals surface area contributed by atoms with Crippen molar-refractivity contribution >= 4 is 33.8 Å². The monoisotopic (exact) mass is 308 g/mol. The second-order valence-electron chi connectivity index (χ2n) is 4.80. The average molecular weight is 308 g/mol. The average Bonchev–Trinajstić information content (AvgIpc) is 3.27. The number of anilines is 1. The van der Waals surface area contributed by atoms with Crippen LogP contribution in [0.1, 0.15) is 10.5 Å². The minimum Gasteiger partial charge on any atom is -0.361 e. The standard InChI is InChI=1S/C16H12N4OS/c21-15(14-10-22-16(19-14)20-8-1-2-9-20)18-13-5-3-4-12-11(13)6-7-17-12/h1-10,17H,(H,18,21). The summed E-state index contributed by atoms with van der Waals surface area (Å²) in [4.78, 5) is 19.9. The van der Waals surface area contributed by atoms with Crippen LogP contribution < -0.4 is 5.32 Å². The molecule has 1 aromatic carbocycles. The molecular weight excluding hydrogens is 296 g/mol. The van der Waals surface area contributed by atoms with Gasteiger partial charge in [0.1, 0.15) is 5.69 Å². The van der Waals surface area contributed by atoms with E-state index >= 15 is 0 Å². The molecule has 5 nitrogen and oxygen atoms in total. The van der Waals surface area contributed by atoms with Gasteiger partial charge >= 0.3 is 0 Å². The van der Waals surface area contributed by atoms with Gasteiger partial charge in [-0.15, -0.1) is 11.3 Å². The number of nitrogens with zero attached hydrogens (tertiary/aromatic N) is 2. The highest BCUT2D eigenvalue weighted by atomic mass is 32.1. The molecule has 0 saturated carbocycles. The number of hydrogen-bond acceptors (Lipinski definition) is 3. The fraction of sp³-hybridized carbons (Fsp3) is 0. The van der Waals surface area contributed by atoms with Crippen LogP contribution in [0.15, 0.2) is 60.4 Å². The van der Waals surface area contributed by atoms with Gasteiger partial charge in [0.15, 0.2) is 5.13 Å². The van der Waals surface area contributed by atoms with Crippen LogP contribution in [0.4, 0.5) is 5.69 Å². The molecule has 0 aliphatic rings. The Labute approximate surface area is 130 Å². The molecule has 0 aliphatic carbocycles. The number of carbonyl (C=O) groups excluding carboxylic acids is 1. The van der Waals surface area contributed by atoms with Crippen LogP contribution in [0.5, 0.6) is 0 Å². The van der Waals surface area contributed by atoms with E-state index in [1.54, 1.807) is 5.38 Å². The van der Waals surface area contributed by atoms with E-state index in [0.29, 0.717) is 5.69 Å². The molecule has 0 bridgehead atoms. The highest BCUT2D eigenvalue weighted by Gasteiger charge is 2.13. The summed E-state index contributed by atoms with van der Waals surface area (Å²) in [5, 5.41) is 6.44. The largest absolute Gasteiger partial charge is 0.361 e. The Morgan fingerprint density at radius 3 is 2.91 bits per heavy atom. The molecule has 1 amide bonds. The zero-order valence-corrected chi connectivity index (χ0v) is 12.3. The van der Waals surface area contributed by atoms with Crippen LogP contribution in [0.25, 0.3) is 16.0 Å². The number of aromatic nitrogens is 3. The first-order chi connectivity index (χ1) is 10.8. The van der Waals surface area contributed by atoms with Gasteiger partial charge in [-0.1, -0.05) is 6.07 Å². The summed E-state index contributed by atoms with van der Waals surface area (Å²) < 4.78 is 1.88. The molecule has 0 unspecified atom stereocenters. The second kappa shape index (κ2) is 5.16. The quantitative estimate of drug-likeness (QED) is 0.606. The summed E-state index contributed by atoms with van der Waals surface area (Å²) in [6.07, 6.45) is 5.66. The number of thiazole rings is 1. The Balaban J connectivity index is 1.61. The van der Waals surface area contributed by atoms with Crippen LogP contribution in [-0.2, 0) is 0 Å². The van der Waals surface area contributed by atoms with Crippen LogP contribution in [0.3, 0.4) is 0 Å². The molecule has 0 fully saturated rings. The first-order valence-electron chi connectivity index (χ1n) is 6.77. The topological polar surface area (TPSA) is 62.7 Å². The van der Waals surface area contributed by atoms with Gasteiger partial charge in [-0.3, -0.25) is 4.79 Å². The lowest BCUT2D eigenvalue weighted by molar-refractivity contribution is 0.102. The van der Waals surface area contributed by atoms with Gasteiger partial charge in [-0.25, -0.2) is 4.98 Å². The highest BCUT2D eigenvalue weighted by Crippen LogP contribution is 2.23. The van der Waals surface area contributed by atoms with Gasteiger partial charge in [0.05, 0.1) is 5.69 Å². The van der Waals surface area contributed by atoms with Crippen molar-refractivity contribution in [3.05, 3.63) is 66.1 Å². The van der Waals surface area contributed by atoms with Crippen molar-refractivity contribution in [1.29, 1.82) is 0 Å². The summed E-state index contributed by atoms with van der Waals surface area (Å²) in [6.45, 7) is 0. The van der Waals surface area contributed by atoms with Crippen molar-refractivity contribution in [2.24, 2.45) is 0 Å². The second-order valence-corrected chi connectivity index (χ2v) is 5.64. The van der Waals surface area contributed by atoms with E-state index in [2.05, 4.69) is 15.3 Å². The molecule has 0 aliphatic heterocycles. The molecule has 6 heteroatoms. The van der Waals surface area contributed by atoms with Gasteiger partial charge in [-0.2, -0.15) is 0 Å². The van der Waals surface area contributed by atoms with Gasteiger partial charge in [0.2, 0.25) is 0 Å². The van der Waals surface area contributed by atoms with Gasteiger partial charge in [0, 0.05) is 34.9 Å². The zero-order valence-electron chi connectivity index (χ0n) is 11.5. The van der Waals surface area contributed by atoms with Gasteiger partial charge in [0.25, 0.3) is 5.91 Å². The van der Waals surface area contributed by atoms with E-state index in [0.717, 1.165) is 21.7 Å². The molecule has 3 aromatic heterocycles. The lowest BCUT2D eigenvalue weighted by Gasteiger charge is -2.04. The normalized spacial score (nSPS) is 10.9. The molecule has 0 radical (unpaired) electrons. The number of amides is 1. The van der Waals surface area contributed by atoms with Crippen LogP contribution >= 0.6 is 11.3 Å². The summed E-state index contributed by atoms with van der Waals surface area (Å²) in [7, 11) is 0. The van der Waals surface area contributed by atoms with Gasteiger partial charge < -0.3 is 14.9 Å². The number of hydrogen-bond donors (Lipinski definition) is 2. The minimum absolute atomic E-state index is 0.205. The van der Waals surface area contributed by atoms with E-state index in [1.165, 1.54) is 11.3 Å². The fourth-order valence-electron chi connectivity index (χ4n) is 2.33. The number of aromatic amines is 1. The molecule has 4 rings (SSSR count). The Morgan fingerprint density at radius 1 is 1.18 bits per heavy atom. The fourth-order valence-corrected chi connectivity index (χ4v) is 3.10. The summed E-state index contributed by atoms with van der Waals surface area (Å²) in [5.41, 5.74) is 2.18. The zero-order chi connectivity index (χ0) is 14.9. The first-order valence-corrected chi connectivity index (χ1v) is 7.65. The van der Waals surface area contributed by atoms with Crippen molar-refractivity contribution in [3.63, 3.8) is 0 Å². The number of nitrogens with one attached hydrogen (secondary N) is 2. The molecule has 22 heavy (non-hydrogen) atoms. The first kappa shape index (κ1) is 12.8. The SMILES string of the molecule is O=C(Nc1cccc2[nH]ccc12)c1csc(-n2cccc2)n1. The highest BCUT2D eigenvalue weighted by molar-refractivity contribution is 7.12. The summed E-state index contributed by atoms with van der Waals surface area (Å²) >= 11 is 1.44.